The Bertz CT molecular complexity index is 468. The summed E-state index contributed by atoms with van der Waals surface area (Å²) in [6, 6.07) is 0. The van der Waals surface area contributed by atoms with E-state index >= 15 is 0 Å². The lowest BCUT2D eigenvalue weighted by molar-refractivity contribution is -0.134. The van der Waals surface area contributed by atoms with Crippen LogP contribution in [0, 0.1) is 6.92 Å². The van der Waals surface area contributed by atoms with Crippen LogP contribution in [0.15, 0.2) is 4.34 Å². The summed E-state index contributed by atoms with van der Waals surface area (Å²) in [6.45, 7) is 4.47. The first-order chi connectivity index (χ1) is 9.13. The summed E-state index contributed by atoms with van der Waals surface area (Å²) in [7, 11) is 0. The van der Waals surface area contributed by atoms with Crippen LogP contribution in [0.2, 0.25) is 0 Å². The van der Waals surface area contributed by atoms with E-state index in [1.165, 1.54) is 0 Å². The highest BCUT2D eigenvalue weighted by molar-refractivity contribution is 8.00. The summed E-state index contributed by atoms with van der Waals surface area (Å²) in [5.74, 6) is 0.130. The maximum absolute atomic E-state index is 12.2. The van der Waals surface area contributed by atoms with Crippen LogP contribution in [0.5, 0.6) is 0 Å². The van der Waals surface area contributed by atoms with Crippen LogP contribution in [0.3, 0.4) is 0 Å². The second-order valence-corrected chi connectivity index (χ2v) is 6.53. The third-order valence-corrected chi connectivity index (χ3v) is 5.32. The van der Waals surface area contributed by atoms with Crippen molar-refractivity contribution in [1.29, 1.82) is 0 Å². The average molecular weight is 299 g/mol. The molecule has 0 radical (unpaired) electrons. The van der Waals surface area contributed by atoms with Gasteiger partial charge >= 0.3 is 0 Å². The van der Waals surface area contributed by atoms with Gasteiger partial charge in [0.2, 0.25) is 12.3 Å². The standard InChI is InChI=1S/C12H17N3O2S2/c1-9-10(19-12(13-9)18-2)7-11(17)15-5-3-14(8-16)4-6-15/h8H,3-7H2,1-2H3. The zero-order chi connectivity index (χ0) is 13.8. The number of rotatable bonds is 4. The Morgan fingerprint density at radius 3 is 2.63 bits per heavy atom. The molecule has 19 heavy (non-hydrogen) atoms. The smallest absolute Gasteiger partial charge is 0.228 e. The van der Waals surface area contributed by atoms with Crippen LogP contribution in [-0.4, -0.2) is 59.5 Å². The van der Waals surface area contributed by atoms with Crippen molar-refractivity contribution in [1.82, 2.24) is 14.8 Å². The largest absolute Gasteiger partial charge is 0.342 e. The fraction of sp³-hybridized carbons (Fsp3) is 0.583. The summed E-state index contributed by atoms with van der Waals surface area (Å²) < 4.78 is 1.01. The van der Waals surface area contributed by atoms with Gasteiger partial charge in [-0.15, -0.1) is 11.3 Å². The van der Waals surface area contributed by atoms with Crippen molar-refractivity contribution in [2.45, 2.75) is 17.7 Å². The maximum Gasteiger partial charge on any atom is 0.228 e. The Morgan fingerprint density at radius 2 is 2.11 bits per heavy atom. The number of aryl methyl sites for hydroxylation is 1. The molecule has 0 saturated carbocycles. The Balaban J connectivity index is 1.94. The third kappa shape index (κ3) is 3.48. The molecule has 0 bridgehead atoms. The summed E-state index contributed by atoms with van der Waals surface area (Å²) >= 11 is 3.20. The van der Waals surface area contributed by atoms with E-state index in [2.05, 4.69) is 4.98 Å². The number of amides is 2. The van der Waals surface area contributed by atoms with Gasteiger partial charge in [-0.3, -0.25) is 9.59 Å². The molecule has 2 rings (SSSR count). The molecule has 2 heterocycles. The van der Waals surface area contributed by atoms with Gasteiger partial charge in [-0.2, -0.15) is 0 Å². The number of thioether (sulfide) groups is 1. The molecule has 5 nitrogen and oxygen atoms in total. The van der Waals surface area contributed by atoms with Crippen molar-refractivity contribution < 1.29 is 9.59 Å². The summed E-state index contributed by atoms with van der Waals surface area (Å²) in [4.78, 5) is 31.8. The van der Waals surface area contributed by atoms with Crippen molar-refractivity contribution in [3.8, 4) is 0 Å². The number of carbonyl (C=O) groups is 2. The number of thiazole rings is 1. The van der Waals surface area contributed by atoms with Crippen molar-refractivity contribution in [2.24, 2.45) is 0 Å². The zero-order valence-electron chi connectivity index (χ0n) is 11.1. The van der Waals surface area contributed by atoms with Gasteiger partial charge in [0.25, 0.3) is 0 Å². The van der Waals surface area contributed by atoms with E-state index in [1.807, 2.05) is 18.1 Å². The van der Waals surface area contributed by atoms with Gasteiger partial charge in [0, 0.05) is 31.1 Å². The summed E-state index contributed by atoms with van der Waals surface area (Å²) in [5, 5.41) is 0. The Kier molecular flexibility index (Phi) is 4.81. The first-order valence-electron chi connectivity index (χ1n) is 6.11. The van der Waals surface area contributed by atoms with Crippen LogP contribution in [0.4, 0.5) is 0 Å². The van der Waals surface area contributed by atoms with Crippen LogP contribution in [-0.2, 0) is 16.0 Å². The minimum atomic E-state index is 0.130. The van der Waals surface area contributed by atoms with Gasteiger partial charge in [-0.25, -0.2) is 4.98 Å². The van der Waals surface area contributed by atoms with Gasteiger partial charge in [0.1, 0.15) is 4.34 Å². The van der Waals surface area contributed by atoms with E-state index < -0.39 is 0 Å². The zero-order valence-corrected chi connectivity index (χ0v) is 12.7. The first kappa shape index (κ1) is 14.3. The number of hydrogen-bond donors (Lipinski definition) is 0. The molecule has 0 unspecified atom stereocenters. The Hall–Kier alpha value is -1.08. The molecular formula is C12H17N3O2S2. The summed E-state index contributed by atoms with van der Waals surface area (Å²) in [6.07, 6.45) is 3.26. The molecule has 1 saturated heterocycles. The van der Waals surface area contributed by atoms with E-state index in [0.717, 1.165) is 21.3 Å². The topological polar surface area (TPSA) is 53.5 Å². The monoisotopic (exact) mass is 299 g/mol. The quantitative estimate of drug-likeness (QED) is 0.615. The van der Waals surface area contributed by atoms with Gasteiger partial charge in [0.15, 0.2) is 0 Å². The predicted octanol–water partition coefficient (Wildman–Crippen LogP) is 1.02. The van der Waals surface area contributed by atoms with Crippen LogP contribution < -0.4 is 0 Å². The molecule has 1 aliphatic rings. The van der Waals surface area contributed by atoms with Gasteiger partial charge in [-0.05, 0) is 13.2 Å². The molecule has 0 aromatic carbocycles. The number of aromatic nitrogens is 1. The first-order valence-corrected chi connectivity index (χ1v) is 8.15. The molecule has 2 amide bonds. The van der Waals surface area contributed by atoms with Gasteiger partial charge < -0.3 is 9.80 Å². The SMILES string of the molecule is CSc1nc(C)c(CC(=O)N2CCN(C=O)CC2)s1. The highest BCUT2D eigenvalue weighted by Gasteiger charge is 2.21. The number of hydrogen-bond acceptors (Lipinski definition) is 5. The van der Waals surface area contributed by atoms with Crippen LogP contribution in [0.25, 0.3) is 0 Å². The Morgan fingerprint density at radius 1 is 1.42 bits per heavy atom. The molecule has 1 aromatic rings. The van der Waals surface area contributed by atoms with Gasteiger partial charge in [-0.1, -0.05) is 11.8 Å². The second-order valence-electron chi connectivity index (χ2n) is 4.39. The molecule has 1 fully saturated rings. The van der Waals surface area contributed by atoms with E-state index in [-0.39, 0.29) is 5.91 Å². The molecule has 1 aliphatic heterocycles. The highest BCUT2D eigenvalue weighted by Crippen LogP contribution is 2.26. The molecule has 0 atom stereocenters. The molecule has 0 N–H and O–H groups in total. The minimum absolute atomic E-state index is 0.130. The molecular weight excluding hydrogens is 282 g/mol. The number of nitrogens with zero attached hydrogens (tertiary/aromatic N) is 3. The number of carbonyl (C=O) groups excluding carboxylic acids is 2. The lowest BCUT2D eigenvalue weighted by Gasteiger charge is -2.32. The van der Waals surface area contributed by atoms with Gasteiger partial charge in [0.05, 0.1) is 12.1 Å². The molecule has 0 spiro atoms. The van der Waals surface area contributed by atoms with Crippen LogP contribution in [0.1, 0.15) is 10.6 Å². The fourth-order valence-corrected chi connectivity index (χ4v) is 3.62. The van der Waals surface area contributed by atoms with E-state index in [1.54, 1.807) is 28.0 Å². The number of piperazine rings is 1. The molecule has 1 aromatic heterocycles. The normalized spacial score (nSPS) is 15.7. The van der Waals surface area contributed by atoms with E-state index in [9.17, 15) is 9.59 Å². The van der Waals surface area contributed by atoms with Crippen LogP contribution >= 0.6 is 23.1 Å². The maximum atomic E-state index is 12.2. The molecule has 7 heteroatoms. The average Bonchev–Trinajstić information content (AvgIpc) is 2.79. The predicted molar refractivity (Wildman–Crippen MR) is 76.6 cm³/mol. The minimum Gasteiger partial charge on any atom is -0.342 e. The fourth-order valence-electron chi connectivity index (χ4n) is 1.98. The molecule has 104 valence electrons. The summed E-state index contributed by atoms with van der Waals surface area (Å²) in [5.41, 5.74) is 0.953. The van der Waals surface area contributed by atoms with E-state index in [0.29, 0.717) is 32.6 Å². The molecule has 0 aliphatic carbocycles. The van der Waals surface area contributed by atoms with Crippen molar-refractivity contribution in [3.05, 3.63) is 10.6 Å². The lowest BCUT2D eigenvalue weighted by Crippen LogP contribution is -2.48. The van der Waals surface area contributed by atoms with Crippen molar-refractivity contribution in [2.75, 3.05) is 32.4 Å². The third-order valence-electron chi connectivity index (χ3n) is 3.18. The van der Waals surface area contributed by atoms with Crippen molar-refractivity contribution in [3.63, 3.8) is 0 Å². The van der Waals surface area contributed by atoms with E-state index in [4.69, 9.17) is 0 Å². The Labute approximate surface area is 121 Å². The lowest BCUT2D eigenvalue weighted by atomic mass is 10.2. The van der Waals surface area contributed by atoms with Crippen molar-refractivity contribution >= 4 is 35.4 Å². The highest BCUT2D eigenvalue weighted by atomic mass is 32.2. The second kappa shape index (κ2) is 6.38.